The van der Waals surface area contributed by atoms with Crippen molar-refractivity contribution in [3.63, 3.8) is 0 Å². The summed E-state index contributed by atoms with van der Waals surface area (Å²) in [6.45, 7) is 3.52. The Morgan fingerprint density at radius 2 is 1.88 bits per heavy atom. The lowest BCUT2D eigenvalue weighted by atomic mass is 10.3. The summed E-state index contributed by atoms with van der Waals surface area (Å²) in [4.78, 5) is 4.33. The van der Waals surface area contributed by atoms with E-state index in [1.165, 1.54) is 0 Å². The molecule has 2 aliphatic rings. The number of fused-ring (bicyclic) bond motifs is 1. The molecule has 16 heavy (non-hydrogen) atoms. The van der Waals surface area contributed by atoms with E-state index in [1.54, 1.807) is 0 Å². The second kappa shape index (κ2) is 3.87. The van der Waals surface area contributed by atoms with Crippen molar-refractivity contribution in [2.75, 3.05) is 13.1 Å². The number of hydrogen-bond acceptors (Lipinski definition) is 4. The molecule has 0 fully saturated rings. The molecule has 0 unspecified atom stereocenters. The van der Waals surface area contributed by atoms with Crippen LogP contribution in [-0.4, -0.2) is 24.7 Å². The van der Waals surface area contributed by atoms with Crippen molar-refractivity contribution < 1.29 is 9.47 Å². The summed E-state index contributed by atoms with van der Waals surface area (Å²) in [6, 6.07) is 7.65. The highest BCUT2D eigenvalue weighted by Crippen LogP contribution is 2.39. The van der Waals surface area contributed by atoms with Crippen LogP contribution in [0.25, 0.3) is 0 Å². The Hall–Kier alpha value is -1.42. The quantitative estimate of drug-likeness (QED) is 0.811. The number of ether oxygens (including phenoxy) is 2. The molecular weight excluding hydrogens is 228 g/mol. The number of amidine groups is 1. The molecule has 0 amide bonds. The molecule has 1 aromatic rings. The van der Waals surface area contributed by atoms with Crippen molar-refractivity contribution in [2.45, 2.75) is 12.7 Å². The maximum atomic E-state index is 5.76. The second-order valence-corrected chi connectivity index (χ2v) is 3.75. The topological polar surface area (TPSA) is 42.9 Å². The number of hydrogen-bond donors (Lipinski definition) is 1. The van der Waals surface area contributed by atoms with Crippen molar-refractivity contribution >= 4 is 18.2 Å². The summed E-state index contributed by atoms with van der Waals surface area (Å²) in [5, 5.41) is 3.17. The average molecular weight is 241 g/mol. The van der Waals surface area contributed by atoms with Crippen LogP contribution in [0.3, 0.4) is 0 Å². The van der Waals surface area contributed by atoms with Gasteiger partial charge in [0.1, 0.15) is 0 Å². The SMILES string of the molecule is CC1(C2=NCCN2)Oc2ccccc2O1.Cl. The number of rotatable bonds is 1. The first kappa shape index (κ1) is 11.1. The van der Waals surface area contributed by atoms with Crippen LogP contribution in [0.5, 0.6) is 11.5 Å². The molecule has 0 saturated heterocycles. The summed E-state index contributed by atoms with van der Waals surface area (Å²) in [5.41, 5.74) is 0. The van der Waals surface area contributed by atoms with Gasteiger partial charge in [0, 0.05) is 13.5 Å². The lowest BCUT2D eigenvalue weighted by molar-refractivity contribution is 0.00343. The summed E-state index contributed by atoms with van der Waals surface area (Å²) in [5.74, 6) is 1.55. The number of nitrogens with zero attached hydrogens (tertiary/aromatic N) is 1. The third-order valence-electron chi connectivity index (χ3n) is 2.56. The van der Waals surface area contributed by atoms with E-state index in [1.807, 2.05) is 31.2 Å². The molecule has 2 heterocycles. The van der Waals surface area contributed by atoms with E-state index in [2.05, 4.69) is 10.3 Å². The van der Waals surface area contributed by atoms with Crippen LogP contribution >= 0.6 is 12.4 Å². The van der Waals surface area contributed by atoms with Crippen molar-refractivity contribution in [2.24, 2.45) is 4.99 Å². The normalized spacial score (nSPS) is 19.7. The molecule has 0 atom stereocenters. The zero-order valence-corrected chi connectivity index (χ0v) is 9.71. The van der Waals surface area contributed by atoms with Crippen LogP contribution < -0.4 is 14.8 Å². The highest BCUT2D eigenvalue weighted by atomic mass is 35.5. The highest BCUT2D eigenvalue weighted by molar-refractivity contribution is 5.91. The van der Waals surface area contributed by atoms with Gasteiger partial charge < -0.3 is 14.8 Å². The first-order chi connectivity index (χ1) is 7.28. The molecule has 0 spiro atoms. The Bertz CT molecular complexity index is 409. The Morgan fingerprint density at radius 1 is 1.25 bits per heavy atom. The van der Waals surface area contributed by atoms with E-state index < -0.39 is 5.79 Å². The average Bonchev–Trinajstić information content (AvgIpc) is 2.83. The van der Waals surface area contributed by atoms with Gasteiger partial charge in [-0.3, -0.25) is 4.99 Å². The fourth-order valence-corrected chi connectivity index (χ4v) is 1.86. The van der Waals surface area contributed by atoms with Crippen LogP contribution in [0, 0.1) is 0 Å². The first-order valence-electron chi connectivity index (χ1n) is 5.04. The molecular formula is C11H13ClN2O2. The second-order valence-electron chi connectivity index (χ2n) is 3.75. The molecule has 0 saturated carbocycles. The third-order valence-corrected chi connectivity index (χ3v) is 2.56. The first-order valence-corrected chi connectivity index (χ1v) is 5.04. The molecule has 1 N–H and O–H groups in total. The van der Waals surface area contributed by atoms with Gasteiger partial charge in [-0.2, -0.15) is 0 Å². The minimum atomic E-state index is -0.778. The predicted molar refractivity (Wildman–Crippen MR) is 63.7 cm³/mol. The van der Waals surface area contributed by atoms with Crippen molar-refractivity contribution in [3.05, 3.63) is 24.3 Å². The smallest absolute Gasteiger partial charge is 0.307 e. The number of para-hydroxylation sites is 2. The molecule has 0 radical (unpaired) electrons. The van der Waals surface area contributed by atoms with E-state index in [4.69, 9.17) is 9.47 Å². The zero-order chi connectivity index (χ0) is 10.3. The predicted octanol–water partition coefficient (Wildman–Crippen LogP) is 1.60. The van der Waals surface area contributed by atoms with Gasteiger partial charge in [-0.05, 0) is 12.1 Å². The van der Waals surface area contributed by atoms with Crippen LogP contribution in [0.4, 0.5) is 0 Å². The standard InChI is InChI=1S/C11H12N2O2.ClH/c1-11(10-12-6-7-13-10)14-8-4-2-3-5-9(8)15-11;/h2-5H,6-7H2,1H3,(H,12,13);1H. The van der Waals surface area contributed by atoms with Crippen molar-refractivity contribution in [3.8, 4) is 11.5 Å². The van der Waals surface area contributed by atoms with E-state index in [9.17, 15) is 0 Å². The number of halogens is 1. The van der Waals surface area contributed by atoms with Crippen LogP contribution in [0.2, 0.25) is 0 Å². The fourth-order valence-electron chi connectivity index (χ4n) is 1.86. The Morgan fingerprint density at radius 3 is 2.38 bits per heavy atom. The summed E-state index contributed by atoms with van der Waals surface area (Å²) in [6.07, 6.45) is 0. The van der Waals surface area contributed by atoms with Gasteiger partial charge in [-0.1, -0.05) is 12.1 Å². The molecule has 0 bridgehead atoms. The highest BCUT2D eigenvalue weighted by Gasteiger charge is 2.42. The summed E-state index contributed by atoms with van der Waals surface area (Å²) < 4.78 is 11.5. The van der Waals surface area contributed by atoms with Crippen LogP contribution in [0.1, 0.15) is 6.92 Å². The number of aliphatic imine (C=N–C) groups is 1. The molecule has 4 nitrogen and oxygen atoms in total. The van der Waals surface area contributed by atoms with E-state index in [0.29, 0.717) is 0 Å². The maximum Gasteiger partial charge on any atom is 0.307 e. The lowest BCUT2D eigenvalue weighted by Gasteiger charge is -2.22. The Labute approximate surface area is 100 Å². The van der Waals surface area contributed by atoms with Crippen molar-refractivity contribution in [1.29, 1.82) is 0 Å². The Balaban J connectivity index is 0.000000963. The van der Waals surface area contributed by atoms with Crippen molar-refractivity contribution in [1.82, 2.24) is 5.32 Å². The molecule has 2 aliphatic heterocycles. The van der Waals surface area contributed by atoms with Gasteiger partial charge in [0.2, 0.25) is 0 Å². The molecule has 0 aliphatic carbocycles. The van der Waals surface area contributed by atoms with E-state index in [0.717, 1.165) is 30.4 Å². The molecule has 5 heteroatoms. The molecule has 0 aromatic heterocycles. The zero-order valence-electron chi connectivity index (χ0n) is 8.90. The largest absolute Gasteiger partial charge is 0.442 e. The minimum absolute atomic E-state index is 0. The summed E-state index contributed by atoms with van der Waals surface area (Å²) >= 11 is 0. The Kier molecular flexibility index (Phi) is 2.68. The fraction of sp³-hybridized carbons (Fsp3) is 0.364. The van der Waals surface area contributed by atoms with Gasteiger partial charge in [0.25, 0.3) is 0 Å². The van der Waals surface area contributed by atoms with Gasteiger partial charge >= 0.3 is 5.79 Å². The molecule has 86 valence electrons. The van der Waals surface area contributed by atoms with Gasteiger partial charge in [-0.15, -0.1) is 12.4 Å². The summed E-state index contributed by atoms with van der Waals surface area (Å²) in [7, 11) is 0. The molecule has 3 rings (SSSR count). The monoisotopic (exact) mass is 240 g/mol. The third kappa shape index (κ3) is 1.59. The number of benzene rings is 1. The maximum absolute atomic E-state index is 5.76. The van der Waals surface area contributed by atoms with Gasteiger partial charge in [-0.25, -0.2) is 0 Å². The van der Waals surface area contributed by atoms with E-state index >= 15 is 0 Å². The van der Waals surface area contributed by atoms with Gasteiger partial charge in [0.15, 0.2) is 17.3 Å². The van der Waals surface area contributed by atoms with E-state index in [-0.39, 0.29) is 12.4 Å². The minimum Gasteiger partial charge on any atom is -0.442 e. The number of nitrogens with one attached hydrogen (secondary N) is 1. The van der Waals surface area contributed by atoms with Crippen LogP contribution in [-0.2, 0) is 0 Å². The lowest BCUT2D eigenvalue weighted by Crippen LogP contribution is -2.49. The van der Waals surface area contributed by atoms with Gasteiger partial charge in [0.05, 0.1) is 6.54 Å². The molecule has 1 aromatic carbocycles. The van der Waals surface area contributed by atoms with Crippen LogP contribution in [0.15, 0.2) is 29.3 Å².